The number of piperazine rings is 1. The third kappa shape index (κ3) is 8.12. The second-order valence-corrected chi connectivity index (χ2v) is 13.4. The average Bonchev–Trinajstić information content (AvgIpc) is 3.03. The molecule has 1 unspecified atom stereocenters. The fourth-order valence-electron chi connectivity index (χ4n) is 6.29. The van der Waals surface area contributed by atoms with Crippen LogP contribution in [0.3, 0.4) is 0 Å². The molecule has 6 nitrogen and oxygen atoms in total. The third-order valence-corrected chi connectivity index (χ3v) is 10.1. The lowest BCUT2D eigenvalue weighted by Gasteiger charge is -2.39. The molecule has 0 bridgehead atoms. The topological polar surface area (TPSA) is 73.0 Å². The summed E-state index contributed by atoms with van der Waals surface area (Å²) in [6, 6.07) is 14.0. The van der Waals surface area contributed by atoms with Crippen LogP contribution in [0.2, 0.25) is 5.02 Å². The number of hydrogen-bond acceptors (Lipinski definition) is 6. The smallest absolute Gasteiger partial charge is 0.239 e. The van der Waals surface area contributed by atoms with Crippen molar-refractivity contribution in [3.8, 4) is 16.9 Å². The number of nitrogens with two attached hydrogens (primary N) is 1. The molecule has 2 saturated heterocycles. The zero-order valence-electron chi connectivity index (χ0n) is 25.2. The number of phenolic OH excluding ortho intramolecular Hbond substituents is 1. The van der Waals surface area contributed by atoms with Crippen LogP contribution in [0, 0.1) is 17.6 Å². The van der Waals surface area contributed by atoms with Gasteiger partial charge in [-0.05, 0) is 103 Å². The normalized spacial score (nSPS) is 17.6. The van der Waals surface area contributed by atoms with Gasteiger partial charge < -0.3 is 20.6 Å². The van der Waals surface area contributed by atoms with E-state index >= 15 is 0 Å². The lowest BCUT2D eigenvalue weighted by atomic mass is 9.88. The van der Waals surface area contributed by atoms with Crippen molar-refractivity contribution in [2.24, 2.45) is 11.7 Å². The van der Waals surface area contributed by atoms with Crippen LogP contribution < -0.4 is 5.73 Å². The molecule has 0 spiro atoms. The Morgan fingerprint density at radius 1 is 0.955 bits per heavy atom. The number of likely N-dealkylation sites (tertiary alicyclic amines) is 1. The monoisotopic (exact) mass is 642 g/mol. The van der Waals surface area contributed by atoms with E-state index in [1.165, 1.54) is 24.3 Å². The summed E-state index contributed by atoms with van der Waals surface area (Å²) in [5.74, 6) is 0.469. The maximum Gasteiger partial charge on any atom is 0.239 e. The van der Waals surface area contributed by atoms with E-state index in [-0.39, 0.29) is 29.2 Å². The van der Waals surface area contributed by atoms with Gasteiger partial charge in [-0.15, -0.1) is 11.8 Å². The Labute approximate surface area is 268 Å². The molecule has 0 aromatic heterocycles. The van der Waals surface area contributed by atoms with Crippen LogP contribution in [-0.4, -0.2) is 83.3 Å². The molecule has 5 rings (SSSR count). The van der Waals surface area contributed by atoms with E-state index in [0.29, 0.717) is 30.1 Å². The summed E-state index contributed by atoms with van der Waals surface area (Å²) in [5.41, 5.74) is 9.69. The van der Waals surface area contributed by atoms with Crippen molar-refractivity contribution in [2.45, 2.75) is 43.7 Å². The maximum atomic E-state index is 14.6. The molecule has 236 valence electrons. The van der Waals surface area contributed by atoms with Gasteiger partial charge in [-0.3, -0.25) is 9.69 Å². The Balaban J connectivity index is 1.09. The molecule has 2 fully saturated rings. The Morgan fingerprint density at radius 3 is 2.43 bits per heavy atom. The molecule has 2 heterocycles. The van der Waals surface area contributed by atoms with E-state index in [1.54, 1.807) is 30.0 Å². The highest BCUT2D eigenvalue weighted by molar-refractivity contribution is 7.99. The first-order valence-corrected chi connectivity index (χ1v) is 16.8. The van der Waals surface area contributed by atoms with E-state index < -0.39 is 6.04 Å². The predicted octanol–water partition coefficient (Wildman–Crippen LogP) is 6.03. The van der Waals surface area contributed by atoms with Gasteiger partial charge in [0.15, 0.2) is 0 Å². The molecule has 10 heteroatoms. The van der Waals surface area contributed by atoms with Crippen LogP contribution in [0.25, 0.3) is 11.1 Å². The Bertz CT molecular complexity index is 1440. The highest BCUT2D eigenvalue weighted by Gasteiger charge is 2.33. The first kappa shape index (κ1) is 32.7. The molecule has 2 aliphatic rings. The largest absolute Gasteiger partial charge is 0.508 e. The van der Waals surface area contributed by atoms with Gasteiger partial charge in [0.2, 0.25) is 5.91 Å². The standard InChI is InChI=1S/C34H41ClF2N4O2S/c1-2-44-32-20-27(36)5-3-25(32)22-40-15-17-41(18-16-40)34(43)33(38)23-9-12-39(13-10-23)14-11-24-19-26(35)4-7-29(24)30-21-28(42)6-8-31(30)37/h3-8,19-21,23,33,42H,2,9-18,22,38H2,1H3. The lowest BCUT2D eigenvalue weighted by Crippen LogP contribution is -2.55. The van der Waals surface area contributed by atoms with Crippen LogP contribution in [0.5, 0.6) is 5.75 Å². The molecular formula is C34H41ClF2N4O2S. The van der Waals surface area contributed by atoms with Gasteiger partial charge >= 0.3 is 0 Å². The van der Waals surface area contributed by atoms with Gasteiger partial charge in [0, 0.05) is 54.8 Å². The van der Waals surface area contributed by atoms with Crippen LogP contribution in [0.4, 0.5) is 8.78 Å². The number of carbonyl (C=O) groups excluding carboxylic acids is 1. The van der Waals surface area contributed by atoms with E-state index in [2.05, 4.69) is 16.7 Å². The zero-order chi connectivity index (χ0) is 31.2. The average molecular weight is 643 g/mol. The fourth-order valence-corrected chi connectivity index (χ4v) is 7.31. The fraction of sp³-hybridized carbons (Fsp3) is 0.441. The van der Waals surface area contributed by atoms with Crippen molar-refractivity contribution in [1.82, 2.24) is 14.7 Å². The summed E-state index contributed by atoms with van der Waals surface area (Å²) in [6.45, 7) is 8.08. The number of carbonyl (C=O) groups is 1. The number of piperidine rings is 1. The maximum absolute atomic E-state index is 14.6. The van der Waals surface area contributed by atoms with E-state index in [0.717, 1.165) is 79.4 Å². The van der Waals surface area contributed by atoms with Crippen LogP contribution in [-0.2, 0) is 17.8 Å². The molecule has 3 N–H and O–H groups in total. The number of nitrogens with zero attached hydrogens (tertiary/aromatic N) is 3. The minimum atomic E-state index is -0.512. The molecular weight excluding hydrogens is 602 g/mol. The Morgan fingerprint density at radius 2 is 1.70 bits per heavy atom. The van der Waals surface area contributed by atoms with Crippen molar-refractivity contribution in [3.63, 3.8) is 0 Å². The van der Waals surface area contributed by atoms with Crippen molar-refractivity contribution >= 4 is 29.3 Å². The summed E-state index contributed by atoms with van der Waals surface area (Å²) < 4.78 is 28.3. The molecule has 0 radical (unpaired) electrons. The van der Waals surface area contributed by atoms with Crippen molar-refractivity contribution in [3.05, 3.63) is 82.4 Å². The predicted molar refractivity (Wildman–Crippen MR) is 174 cm³/mol. The number of rotatable bonds is 10. The molecule has 0 saturated carbocycles. The second-order valence-electron chi connectivity index (χ2n) is 11.7. The number of benzene rings is 3. The van der Waals surface area contributed by atoms with E-state index in [4.69, 9.17) is 17.3 Å². The second kappa shape index (κ2) is 15.1. The lowest BCUT2D eigenvalue weighted by molar-refractivity contribution is -0.136. The SMILES string of the molecule is CCSc1cc(F)ccc1CN1CCN(C(=O)C(N)C2CCN(CCc3cc(Cl)ccc3-c3cc(O)ccc3F)CC2)CC1. The number of amides is 1. The molecule has 1 amide bonds. The number of phenols is 1. The number of aromatic hydroxyl groups is 1. The summed E-state index contributed by atoms with van der Waals surface area (Å²) in [4.78, 5) is 20.9. The third-order valence-electron chi connectivity index (χ3n) is 8.84. The number of halogens is 3. The van der Waals surface area contributed by atoms with Crippen molar-refractivity contribution < 1.29 is 18.7 Å². The zero-order valence-corrected chi connectivity index (χ0v) is 26.7. The minimum absolute atomic E-state index is 0.0160. The van der Waals surface area contributed by atoms with Crippen LogP contribution >= 0.6 is 23.4 Å². The van der Waals surface area contributed by atoms with Gasteiger partial charge in [-0.1, -0.05) is 30.7 Å². The summed E-state index contributed by atoms with van der Waals surface area (Å²) >= 11 is 7.94. The number of hydrogen-bond donors (Lipinski definition) is 2. The number of thioether (sulfide) groups is 1. The van der Waals surface area contributed by atoms with Crippen LogP contribution in [0.15, 0.2) is 59.5 Å². The highest BCUT2D eigenvalue weighted by atomic mass is 35.5. The summed E-state index contributed by atoms with van der Waals surface area (Å²) in [7, 11) is 0. The first-order chi connectivity index (χ1) is 21.2. The van der Waals surface area contributed by atoms with E-state index in [1.807, 2.05) is 17.0 Å². The van der Waals surface area contributed by atoms with Gasteiger partial charge in [0.25, 0.3) is 0 Å². The Hall–Kier alpha value is -2.69. The molecule has 1 atom stereocenters. The summed E-state index contributed by atoms with van der Waals surface area (Å²) in [6.07, 6.45) is 2.37. The highest BCUT2D eigenvalue weighted by Crippen LogP contribution is 2.32. The molecule has 3 aromatic carbocycles. The first-order valence-electron chi connectivity index (χ1n) is 15.4. The summed E-state index contributed by atoms with van der Waals surface area (Å²) in [5, 5.41) is 10.5. The van der Waals surface area contributed by atoms with E-state index in [9.17, 15) is 18.7 Å². The van der Waals surface area contributed by atoms with Gasteiger partial charge in [0.1, 0.15) is 17.4 Å². The van der Waals surface area contributed by atoms with Gasteiger partial charge in [-0.2, -0.15) is 0 Å². The van der Waals surface area contributed by atoms with Crippen molar-refractivity contribution in [1.29, 1.82) is 0 Å². The Kier molecular flexibility index (Phi) is 11.2. The van der Waals surface area contributed by atoms with Gasteiger partial charge in [-0.25, -0.2) is 8.78 Å². The molecule has 44 heavy (non-hydrogen) atoms. The van der Waals surface area contributed by atoms with Gasteiger partial charge in [0.05, 0.1) is 6.04 Å². The molecule has 2 aliphatic heterocycles. The van der Waals surface area contributed by atoms with Crippen LogP contribution in [0.1, 0.15) is 30.9 Å². The molecule has 3 aromatic rings. The minimum Gasteiger partial charge on any atom is -0.508 e. The quantitative estimate of drug-likeness (QED) is 0.263. The van der Waals surface area contributed by atoms with Crippen molar-refractivity contribution in [2.75, 3.05) is 51.6 Å². The molecule has 0 aliphatic carbocycles.